The van der Waals surface area contributed by atoms with Crippen LogP contribution in [0.3, 0.4) is 0 Å². The van der Waals surface area contributed by atoms with Gasteiger partial charge < -0.3 is 5.32 Å². The van der Waals surface area contributed by atoms with E-state index in [-0.39, 0.29) is 5.91 Å². The number of nitrogens with zero attached hydrogens (tertiary/aromatic N) is 5. The second-order valence-electron chi connectivity index (χ2n) is 8.12. The van der Waals surface area contributed by atoms with Crippen LogP contribution in [0.15, 0.2) is 60.0 Å². The van der Waals surface area contributed by atoms with Gasteiger partial charge in [0.15, 0.2) is 11.0 Å². The van der Waals surface area contributed by atoms with E-state index >= 15 is 0 Å². The number of hydrogen-bond acceptors (Lipinski definition) is 6. The molecule has 1 aliphatic carbocycles. The summed E-state index contributed by atoms with van der Waals surface area (Å²) in [4.78, 5) is 17.1. The predicted molar refractivity (Wildman–Crippen MR) is 124 cm³/mol. The van der Waals surface area contributed by atoms with Crippen LogP contribution in [0.5, 0.6) is 0 Å². The van der Waals surface area contributed by atoms with Crippen LogP contribution >= 0.6 is 11.8 Å². The van der Waals surface area contributed by atoms with Crippen LogP contribution in [0.4, 0.5) is 0 Å². The summed E-state index contributed by atoms with van der Waals surface area (Å²) in [7, 11) is 0. The Hall–Kier alpha value is -3.18. The highest BCUT2D eigenvalue weighted by molar-refractivity contribution is 8.00. The van der Waals surface area contributed by atoms with Crippen molar-refractivity contribution in [1.82, 2.24) is 25.1 Å². The second-order valence-corrected chi connectivity index (χ2v) is 9.43. The van der Waals surface area contributed by atoms with Crippen LogP contribution < -0.4 is 5.32 Å². The summed E-state index contributed by atoms with van der Waals surface area (Å²) in [6.45, 7) is 2.44. The molecule has 4 rings (SSSR count). The van der Waals surface area contributed by atoms with Crippen molar-refractivity contribution in [2.75, 3.05) is 0 Å². The molecule has 164 valence electrons. The largest absolute Gasteiger partial charge is 0.337 e. The van der Waals surface area contributed by atoms with Crippen molar-refractivity contribution < 1.29 is 4.79 Å². The molecule has 0 aliphatic heterocycles. The average Bonchev–Trinajstić information content (AvgIpc) is 3.22. The minimum atomic E-state index is -0.746. The summed E-state index contributed by atoms with van der Waals surface area (Å²) in [5.41, 5.74) is 1.29. The molecule has 1 unspecified atom stereocenters. The van der Waals surface area contributed by atoms with Crippen molar-refractivity contribution in [3.8, 4) is 17.5 Å². The number of amides is 1. The molecule has 3 aromatic rings. The maximum Gasteiger partial charge on any atom is 0.234 e. The molecule has 7 nitrogen and oxygen atoms in total. The van der Waals surface area contributed by atoms with Gasteiger partial charge in [0.2, 0.25) is 5.91 Å². The lowest BCUT2D eigenvalue weighted by Gasteiger charge is -2.32. The van der Waals surface area contributed by atoms with Gasteiger partial charge in [-0.1, -0.05) is 61.4 Å². The Morgan fingerprint density at radius 2 is 1.88 bits per heavy atom. The number of carbonyl (C=O) groups is 1. The molecule has 0 saturated heterocycles. The van der Waals surface area contributed by atoms with Gasteiger partial charge in [0.1, 0.15) is 5.54 Å². The predicted octanol–water partition coefficient (Wildman–Crippen LogP) is 4.21. The monoisotopic (exact) mass is 446 g/mol. The Morgan fingerprint density at radius 3 is 2.56 bits per heavy atom. The number of aromatic nitrogens is 4. The molecule has 2 heterocycles. The maximum absolute atomic E-state index is 13.0. The van der Waals surface area contributed by atoms with Crippen LogP contribution in [0, 0.1) is 11.3 Å². The standard InChI is InChI=1S/C24H26N6OS/c1-18(22(31)27-24(17-25)12-6-3-7-13-24)32-23-29-28-21(20-10-14-26-15-11-20)30(23)16-19-8-4-2-5-9-19/h2,4-5,8-11,14-15,18H,3,6-7,12-13,16H2,1H3,(H,27,31). The van der Waals surface area contributed by atoms with E-state index in [1.54, 1.807) is 12.4 Å². The Balaban J connectivity index is 1.56. The lowest BCUT2D eigenvalue weighted by Crippen LogP contribution is -2.51. The fraction of sp³-hybridized carbons (Fsp3) is 0.375. The average molecular weight is 447 g/mol. The summed E-state index contributed by atoms with van der Waals surface area (Å²) >= 11 is 1.36. The van der Waals surface area contributed by atoms with Gasteiger partial charge in [0.05, 0.1) is 17.9 Å². The van der Waals surface area contributed by atoms with Crippen molar-refractivity contribution in [1.29, 1.82) is 5.26 Å². The smallest absolute Gasteiger partial charge is 0.234 e. The molecule has 1 atom stereocenters. The van der Waals surface area contributed by atoms with Crippen molar-refractivity contribution in [2.45, 2.75) is 61.5 Å². The third kappa shape index (κ3) is 5.00. The zero-order valence-electron chi connectivity index (χ0n) is 18.1. The van der Waals surface area contributed by atoms with Gasteiger partial charge in [0.25, 0.3) is 0 Å². The van der Waals surface area contributed by atoms with Crippen LogP contribution in [-0.4, -0.2) is 36.4 Å². The second kappa shape index (κ2) is 9.96. The van der Waals surface area contributed by atoms with E-state index in [2.05, 4.69) is 38.7 Å². The molecule has 1 saturated carbocycles. The van der Waals surface area contributed by atoms with E-state index < -0.39 is 10.8 Å². The van der Waals surface area contributed by atoms with E-state index in [1.165, 1.54) is 11.8 Å². The molecule has 1 fully saturated rings. The molecule has 1 N–H and O–H groups in total. The van der Waals surface area contributed by atoms with Gasteiger partial charge in [-0.05, 0) is 37.5 Å². The van der Waals surface area contributed by atoms with E-state index in [9.17, 15) is 10.1 Å². The Bertz CT molecular complexity index is 1090. The first-order chi connectivity index (χ1) is 15.6. The van der Waals surface area contributed by atoms with Gasteiger partial charge >= 0.3 is 0 Å². The van der Waals surface area contributed by atoms with Crippen LogP contribution in [0.2, 0.25) is 0 Å². The number of carbonyl (C=O) groups excluding carboxylic acids is 1. The normalized spacial score (nSPS) is 16.1. The molecule has 0 spiro atoms. The third-order valence-electron chi connectivity index (χ3n) is 5.77. The molecule has 1 aromatic carbocycles. The molecule has 1 amide bonds. The molecular formula is C24H26N6OS. The van der Waals surface area contributed by atoms with Crippen molar-refractivity contribution >= 4 is 17.7 Å². The number of nitrogens with one attached hydrogen (secondary N) is 1. The number of rotatable bonds is 7. The highest BCUT2D eigenvalue weighted by Crippen LogP contribution is 2.30. The number of nitriles is 1. The van der Waals surface area contributed by atoms with Crippen molar-refractivity contribution in [3.63, 3.8) is 0 Å². The van der Waals surface area contributed by atoms with Crippen molar-refractivity contribution in [3.05, 3.63) is 60.4 Å². The van der Waals surface area contributed by atoms with E-state index in [4.69, 9.17) is 0 Å². The third-order valence-corrected chi connectivity index (χ3v) is 6.85. The Morgan fingerprint density at radius 1 is 1.16 bits per heavy atom. The molecule has 32 heavy (non-hydrogen) atoms. The molecule has 0 radical (unpaired) electrons. The first kappa shape index (κ1) is 22.0. The lowest BCUT2D eigenvalue weighted by molar-refractivity contribution is -0.121. The number of thioether (sulfide) groups is 1. The molecule has 8 heteroatoms. The van der Waals surface area contributed by atoms with Crippen LogP contribution in [0.1, 0.15) is 44.6 Å². The van der Waals surface area contributed by atoms with Gasteiger partial charge in [-0.3, -0.25) is 14.3 Å². The van der Waals surface area contributed by atoms with E-state index in [0.717, 1.165) is 36.2 Å². The number of pyridine rings is 1. The van der Waals surface area contributed by atoms with Crippen LogP contribution in [-0.2, 0) is 11.3 Å². The highest BCUT2D eigenvalue weighted by atomic mass is 32.2. The minimum Gasteiger partial charge on any atom is -0.337 e. The summed E-state index contributed by atoms with van der Waals surface area (Å²) in [5.74, 6) is 0.588. The summed E-state index contributed by atoms with van der Waals surface area (Å²) in [6.07, 6.45) is 7.93. The molecule has 1 aliphatic rings. The highest BCUT2D eigenvalue weighted by Gasteiger charge is 2.35. The van der Waals surface area contributed by atoms with Gasteiger partial charge in [-0.15, -0.1) is 10.2 Å². The first-order valence-corrected chi connectivity index (χ1v) is 11.8. The lowest BCUT2D eigenvalue weighted by atomic mass is 9.83. The SMILES string of the molecule is CC(Sc1nnc(-c2ccncc2)n1Cc1ccccc1)C(=O)NC1(C#N)CCCCC1. The first-order valence-electron chi connectivity index (χ1n) is 10.9. The summed E-state index contributed by atoms with van der Waals surface area (Å²) < 4.78 is 2.03. The van der Waals surface area contributed by atoms with Crippen molar-refractivity contribution in [2.24, 2.45) is 0 Å². The van der Waals surface area contributed by atoms with E-state index in [0.29, 0.717) is 24.5 Å². The van der Waals surface area contributed by atoms with Gasteiger partial charge in [-0.2, -0.15) is 5.26 Å². The fourth-order valence-corrected chi connectivity index (χ4v) is 4.82. The zero-order valence-corrected chi connectivity index (χ0v) is 18.9. The van der Waals surface area contributed by atoms with Gasteiger partial charge in [-0.25, -0.2) is 0 Å². The van der Waals surface area contributed by atoms with Crippen LogP contribution in [0.25, 0.3) is 11.4 Å². The maximum atomic E-state index is 13.0. The molecular weight excluding hydrogens is 420 g/mol. The Labute approximate surface area is 192 Å². The number of benzene rings is 1. The van der Waals surface area contributed by atoms with E-state index in [1.807, 2.05) is 41.8 Å². The number of hydrogen-bond donors (Lipinski definition) is 1. The topological polar surface area (TPSA) is 96.5 Å². The summed E-state index contributed by atoms with van der Waals surface area (Å²) in [6, 6.07) is 16.3. The molecule has 2 aromatic heterocycles. The zero-order chi connectivity index (χ0) is 22.4. The quantitative estimate of drug-likeness (QED) is 0.546. The van der Waals surface area contributed by atoms with Gasteiger partial charge in [0, 0.05) is 18.0 Å². The molecule has 0 bridgehead atoms. The minimum absolute atomic E-state index is 0.141. The summed E-state index contributed by atoms with van der Waals surface area (Å²) in [5, 5.41) is 21.8. The Kier molecular flexibility index (Phi) is 6.86. The fourth-order valence-electron chi connectivity index (χ4n) is 3.97.